The maximum absolute atomic E-state index is 13.3. The fourth-order valence-corrected chi connectivity index (χ4v) is 4.04. The number of aliphatic hydroxyl groups excluding tert-OH is 1. The first-order valence-corrected chi connectivity index (χ1v) is 11.0. The third-order valence-corrected chi connectivity index (χ3v) is 5.77. The maximum atomic E-state index is 13.3. The number of hydrogen-bond donors (Lipinski definition) is 3. The van der Waals surface area contributed by atoms with Crippen LogP contribution in [0.3, 0.4) is 0 Å². The van der Waals surface area contributed by atoms with E-state index in [0.717, 1.165) is 5.56 Å². The zero-order valence-electron chi connectivity index (χ0n) is 19.6. The minimum Gasteiger partial charge on any atom is -0.454 e. The molecular formula is C26H25F2N3O4. The summed E-state index contributed by atoms with van der Waals surface area (Å²) in [7, 11) is 0. The van der Waals surface area contributed by atoms with E-state index in [1.165, 1.54) is 18.2 Å². The molecule has 0 aliphatic carbocycles. The second kappa shape index (κ2) is 9.52. The Balaban J connectivity index is 1.88. The van der Waals surface area contributed by atoms with Gasteiger partial charge in [-0.3, -0.25) is 9.78 Å². The lowest BCUT2D eigenvalue weighted by Gasteiger charge is -2.21. The Morgan fingerprint density at radius 3 is 2.46 bits per heavy atom. The number of rotatable bonds is 6. The van der Waals surface area contributed by atoms with Gasteiger partial charge in [-0.25, -0.2) is 13.8 Å². The van der Waals surface area contributed by atoms with Crippen LogP contribution in [0.5, 0.6) is 0 Å². The number of nitrogens with zero attached hydrogens (tertiary/aromatic N) is 2. The number of aromatic nitrogens is 2. The van der Waals surface area contributed by atoms with Gasteiger partial charge in [0.15, 0.2) is 17.5 Å². The monoisotopic (exact) mass is 481 g/mol. The molecule has 182 valence electrons. The molecule has 3 N–H and O–H groups in total. The molecule has 1 atom stereocenters. The lowest BCUT2D eigenvalue weighted by Crippen LogP contribution is -2.14. The van der Waals surface area contributed by atoms with Crippen molar-refractivity contribution in [1.82, 2.24) is 9.97 Å². The van der Waals surface area contributed by atoms with E-state index in [2.05, 4.69) is 15.3 Å². The molecular weight excluding hydrogens is 456 g/mol. The Kier molecular flexibility index (Phi) is 6.64. The van der Waals surface area contributed by atoms with Crippen molar-refractivity contribution in [1.29, 1.82) is 0 Å². The van der Waals surface area contributed by atoms with Gasteiger partial charge >= 0.3 is 0 Å². The van der Waals surface area contributed by atoms with Gasteiger partial charge in [0.2, 0.25) is 0 Å². The van der Waals surface area contributed by atoms with Gasteiger partial charge in [-0.05, 0) is 63.6 Å². The minimum absolute atomic E-state index is 0.0693. The predicted molar refractivity (Wildman–Crippen MR) is 128 cm³/mol. The average Bonchev–Trinajstić information content (AvgIpc) is 2.82. The Hall–Kier alpha value is -3.69. The molecule has 0 amide bonds. The fraction of sp³-hybridized carbons (Fsp3) is 0.269. The molecule has 0 aliphatic heterocycles. The van der Waals surface area contributed by atoms with E-state index in [0.29, 0.717) is 22.3 Å². The molecule has 3 heterocycles. The van der Waals surface area contributed by atoms with Crippen molar-refractivity contribution in [3.8, 4) is 11.5 Å². The van der Waals surface area contributed by atoms with Crippen LogP contribution in [0.15, 0.2) is 51.7 Å². The van der Waals surface area contributed by atoms with Crippen LogP contribution in [-0.2, 0) is 0 Å². The molecule has 0 saturated carbocycles. The third-order valence-electron chi connectivity index (χ3n) is 5.77. The summed E-state index contributed by atoms with van der Waals surface area (Å²) in [5.41, 5.74) is 2.55. The largest absolute Gasteiger partial charge is 0.454 e. The SMILES string of the molecule is Cc1cc(C(C)Nc2ccc(C)nc2C(O)O)c2oc(-c3cccc(C(F)F)n3)c(C)c(=O)c2c1. The van der Waals surface area contributed by atoms with Gasteiger partial charge in [-0.15, -0.1) is 0 Å². The summed E-state index contributed by atoms with van der Waals surface area (Å²) in [5, 5.41) is 23.1. The zero-order chi connectivity index (χ0) is 25.4. The molecule has 1 aromatic carbocycles. The van der Waals surface area contributed by atoms with E-state index >= 15 is 0 Å². The number of halogens is 2. The summed E-state index contributed by atoms with van der Waals surface area (Å²) in [6, 6.07) is 10.7. The maximum Gasteiger partial charge on any atom is 0.280 e. The van der Waals surface area contributed by atoms with Crippen LogP contribution in [0, 0.1) is 20.8 Å². The summed E-state index contributed by atoms with van der Waals surface area (Å²) in [4.78, 5) is 21.5. The molecule has 0 spiro atoms. The molecule has 0 fully saturated rings. The lowest BCUT2D eigenvalue weighted by molar-refractivity contribution is -0.0453. The third kappa shape index (κ3) is 4.78. The molecule has 1 unspecified atom stereocenters. The Morgan fingerprint density at radius 2 is 1.77 bits per heavy atom. The first kappa shape index (κ1) is 24.4. The van der Waals surface area contributed by atoms with Gasteiger partial charge in [0, 0.05) is 16.8 Å². The van der Waals surface area contributed by atoms with E-state index in [-0.39, 0.29) is 33.7 Å². The lowest BCUT2D eigenvalue weighted by atomic mass is 9.99. The number of fused-ring (bicyclic) bond motifs is 1. The quantitative estimate of drug-likeness (QED) is 0.322. The number of alkyl halides is 2. The number of aryl methyl sites for hydroxylation is 2. The van der Waals surface area contributed by atoms with Crippen molar-refractivity contribution >= 4 is 16.7 Å². The molecule has 9 heteroatoms. The molecule has 4 aromatic rings. The van der Waals surface area contributed by atoms with Crippen LogP contribution in [0.25, 0.3) is 22.4 Å². The minimum atomic E-state index is -2.76. The van der Waals surface area contributed by atoms with Gasteiger partial charge in [-0.2, -0.15) is 0 Å². The standard InChI is InChI=1S/C26H25F2N3O4/c1-12-10-16(15(4)30-18-9-8-13(2)29-21(18)26(33)34)24-17(11-12)22(32)14(3)23(35-24)19-6-5-7-20(31-19)25(27)28/h5-11,15,25-26,30,33-34H,1-4H3. The zero-order valence-corrected chi connectivity index (χ0v) is 19.6. The summed E-state index contributed by atoms with van der Waals surface area (Å²) in [5.74, 6) is 0.116. The highest BCUT2D eigenvalue weighted by Crippen LogP contribution is 2.33. The topological polar surface area (TPSA) is 108 Å². The van der Waals surface area contributed by atoms with E-state index in [1.54, 1.807) is 32.0 Å². The second-order valence-corrected chi connectivity index (χ2v) is 8.49. The van der Waals surface area contributed by atoms with E-state index in [9.17, 15) is 23.8 Å². The Labute approximate surface area is 200 Å². The van der Waals surface area contributed by atoms with Crippen LogP contribution < -0.4 is 10.7 Å². The second-order valence-electron chi connectivity index (χ2n) is 8.49. The molecule has 3 aromatic heterocycles. The Morgan fingerprint density at radius 1 is 1.03 bits per heavy atom. The molecule has 35 heavy (non-hydrogen) atoms. The summed E-state index contributed by atoms with van der Waals surface area (Å²) in [6.45, 7) is 7.00. The van der Waals surface area contributed by atoms with Crippen LogP contribution >= 0.6 is 0 Å². The van der Waals surface area contributed by atoms with Crippen LogP contribution in [0.4, 0.5) is 14.5 Å². The van der Waals surface area contributed by atoms with Crippen LogP contribution in [0.1, 0.15) is 59.5 Å². The first-order valence-electron chi connectivity index (χ1n) is 11.0. The van der Waals surface area contributed by atoms with Crippen molar-refractivity contribution in [3.63, 3.8) is 0 Å². The van der Waals surface area contributed by atoms with Crippen molar-refractivity contribution in [2.24, 2.45) is 0 Å². The normalized spacial score (nSPS) is 12.5. The van der Waals surface area contributed by atoms with Crippen molar-refractivity contribution in [3.05, 3.63) is 86.5 Å². The highest BCUT2D eigenvalue weighted by molar-refractivity contribution is 5.84. The molecule has 0 bridgehead atoms. The number of nitrogens with one attached hydrogen (secondary N) is 1. The smallest absolute Gasteiger partial charge is 0.280 e. The molecule has 0 radical (unpaired) electrons. The average molecular weight is 481 g/mol. The summed E-state index contributed by atoms with van der Waals surface area (Å²) >= 11 is 0. The van der Waals surface area contributed by atoms with Crippen LogP contribution in [-0.4, -0.2) is 20.2 Å². The highest BCUT2D eigenvalue weighted by Gasteiger charge is 2.22. The summed E-state index contributed by atoms with van der Waals surface area (Å²) < 4.78 is 32.6. The number of aliphatic hydroxyl groups is 2. The van der Waals surface area contributed by atoms with E-state index in [4.69, 9.17) is 4.42 Å². The number of hydrogen-bond acceptors (Lipinski definition) is 7. The Bertz CT molecular complexity index is 1470. The highest BCUT2D eigenvalue weighted by atomic mass is 19.3. The molecule has 4 rings (SSSR count). The van der Waals surface area contributed by atoms with E-state index < -0.39 is 24.5 Å². The van der Waals surface area contributed by atoms with Crippen LogP contribution in [0.2, 0.25) is 0 Å². The van der Waals surface area contributed by atoms with Crippen molar-refractivity contribution in [2.75, 3.05) is 5.32 Å². The predicted octanol–water partition coefficient (Wildman–Crippen LogP) is 5.27. The van der Waals surface area contributed by atoms with Gasteiger partial charge < -0.3 is 19.9 Å². The summed E-state index contributed by atoms with van der Waals surface area (Å²) in [6.07, 6.45) is -4.54. The molecule has 0 aliphatic rings. The van der Waals surface area contributed by atoms with Gasteiger partial charge in [0.05, 0.1) is 17.1 Å². The number of pyridine rings is 2. The fourth-order valence-electron chi connectivity index (χ4n) is 4.04. The van der Waals surface area contributed by atoms with Gasteiger partial charge in [0.1, 0.15) is 22.7 Å². The number of benzene rings is 1. The number of anilines is 1. The molecule has 7 nitrogen and oxygen atoms in total. The molecule has 0 saturated heterocycles. The van der Waals surface area contributed by atoms with Crippen molar-refractivity contribution < 1.29 is 23.4 Å². The van der Waals surface area contributed by atoms with Crippen molar-refractivity contribution in [2.45, 2.75) is 46.5 Å². The first-order chi connectivity index (χ1) is 16.6. The van der Waals surface area contributed by atoms with E-state index in [1.807, 2.05) is 19.9 Å². The van der Waals surface area contributed by atoms with Gasteiger partial charge in [0.25, 0.3) is 6.43 Å². The van der Waals surface area contributed by atoms with Gasteiger partial charge in [-0.1, -0.05) is 12.1 Å².